The monoisotopic (exact) mass is 388 g/mol. The summed E-state index contributed by atoms with van der Waals surface area (Å²) in [5, 5.41) is 12.6. The maximum atomic E-state index is 12.0. The van der Waals surface area contributed by atoms with E-state index in [1.54, 1.807) is 30.3 Å². The minimum Gasteiger partial charge on any atom is -0.507 e. The lowest BCUT2D eigenvalue weighted by Crippen LogP contribution is -2.12. The Balaban J connectivity index is 2.23. The highest BCUT2D eigenvalue weighted by Gasteiger charge is 2.10. The van der Waals surface area contributed by atoms with Gasteiger partial charge in [0.05, 0.1) is 14.3 Å². The van der Waals surface area contributed by atoms with Crippen LogP contribution in [0.2, 0.25) is 5.02 Å². The Bertz CT molecular complexity index is 647. The summed E-state index contributed by atoms with van der Waals surface area (Å²) >= 11 is 7.95. The fourth-order valence-corrected chi connectivity index (χ4v) is 2.05. The molecule has 0 aromatic heterocycles. The van der Waals surface area contributed by atoms with Crippen molar-refractivity contribution < 1.29 is 9.90 Å². The first-order valence-corrected chi connectivity index (χ1v) is 6.78. The number of carbonyl (C=O) groups is 1. The third-order valence-corrected chi connectivity index (χ3v) is 3.67. The van der Waals surface area contributed by atoms with E-state index in [0.29, 0.717) is 25.5 Å². The second-order valence-corrected chi connectivity index (χ2v) is 5.43. The van der Waals surface area contributed by atoms with E-state index in [0.717, 1.165) is 0 Å². The molecule has 0 radical (unpaired) electrons. The molecule has 4 N–H and O–H groups in total. The molecule has 98 valence electrons. The fourth-order valence-electron chi connectivity index (χ4n) is 1.48. The average molecular weight is 389 g/mol. The van der Waals surface area contributed by atoms with E-state index in [2.05, 4.69) is 5.32 Å². The van der Waals surface area contributed by atoms with Gasteiger partial charge in [-0.25, -0.2) is 0 Å². The molecule has 0 heterocycles. The van der Waals surface area contributed by atoms with Crippen molar-refractivity contribution in [2.45, 2.75) is 0 Å². The van der Waals surface area contributed by atoms with Crippen molar-refractivity contribution >= 4 is 51.5 Å². The quantitative estimate of drug-likeness (QED) is 0.544. The van der Waals surface area contributed by atoms with E-state index in [4.69, 9.17) is 17.3 Å². The van der Waals surface area contributed by atoms with Gasteiger partial charge in [0.1, 0.15) is 5.75 Å². The molecule has 0 bridgehead atoms. The summed E-state index contributed by atoms with van der Waals surface area (Å²) in [5.41, 5.74) is 6.92. The molecule has 6 heteroatoms. The zero-order valence-corrected chi connectivity index (χ0v) is 12.6. The Morgan fingerprint density at radius 3 is 2.63 bits per heavy atom. The number of halogens is 2. The molecule has 0 saturated heterocycles. The summed E-state index contributed by atoms with van der Waals surface area (Å²) in [6.45, 7) is 0. The van der Waals surface area contributed by atoms with Crippen LogP contribution >= 0.6 is 34.2 Å². The molecule has 0 unspecified atom stereocenters. The summed E-state index contributed by atoms with van der Waals surface area (Å²) in [4.78, 5) is 12.0. The SMILES string of the molecule is Nc1ccc(NC(=O)c2ccc(I)c(O)c2)c(Cl)c1. The number of nitrogen functional groups attached to an aromatic ring is 1. The van der Waals surface area contributed by atoms with Crippen LogP contribution < -0.4 is 11.1 Å². The lowest BCUT2D eigenvalue weighted by Gasteiger charge is -2.08. The summed E-state index contributed by atoms with van der Waals surface area (Å²) < 4.78 is 0.680. The van der Waals surface area contributed by atoms with Crippen molar-refractivity contribution in [3.63, 3.8) is 0 Å². The summed E-state index contributed by atoms with van der Waals surface area (Å²) in [6.07, 6.45) is 0. The molecular formula is C13H10ClIN2O2. The first-order chi connectivity index (χ1) is 8.97. The van der Waals surface area contributed by atoms with Crippen LogP contribution in [0.15, 0.2) is 36.4 Å². The molecule has 0 aliphatic carbocycles. The first kappa shape index (κ1) is 14.0. The molecule has 0 atom stereocenters. The second kappa shape index (κ2) is 5.66. The molecule has 0 saturated carbocycles. The van der Waals surface area contributed by atoms with Crippen LogP contribution in [0.5, 0.6) is 5.75 Å². The highest BCUT2D eigenvalue weighted by atomic mass is 127. The first-order valence-electron chi connectivity index (χ1n) is 5.32. The largest absolute Gasteiger partial charge is 0.507 e. The molecule has 0 fully saturated rings. The van der Waals surface area contributed by atoms with Crippen molar-refractivity contribution in [1.82, 2.24) is 0 Å². The van der Waals surface area contributed by atoms with E-state index in [1.165, 1.54) is 6.07 Å². The van der Waals surface area contributed by atoms with Gasteiger partial charge in [-0.3, -0.25) is 4.79 Å². The van der Waals surface area contributed by atoms with Crippen molar-refractivity contribution in [2.24, 2.45) is 0 Å². The van der Waals surface area contributed by atoms with Gasteiger partial charge in [-0.15, -0.1) is 0 Å². The molecule has 0 aliphatic rings. The van der Waals surface area contributed by atoms with E-state index in [1.807, 2.05) is 22.6 Å². The third-order valence-electron chi connectivity index (χ3n) is 2.45. The Kier molecular flexibility index (Phi) is 4.16. The number of rotatable bonds is 2. The molecule has 0 aliphatic heterocycles. The van der Waals surface area contributed by atoms with Crippen LogP contribution in [0.25, 0.3) is 0 Å². The van der Waals surface area contributed by atoms with Crippen LogP contribution in [-0.2, 0) is 0 Å². The number of hydrogen-bond donors (Lipinski definition) is 3. The number of amides is 1. The smallest absolute Gasteiger partial charge is 0.255 e. The second-order valence-electron chi connectivity index (χ2n) is 3.86. The molecule has 0 spiro atoms. The molecule has 2 aromatic rings. The highest BCUT2D eigenvalue weighted by molar-refractivity contribution is 14.1. The summed E-state index contributed by atoms with van der Waals surface area (Å²) in [5.74, 6) is -0.282. The topological polar surface area (TPSA) is 75.3 Å². The van der Waals surface area contributed by atoms with Gasteiger partial charge < -0.3 is 16.2 Å². The highest BCUT2D eigenvalue weighted by Crippen LogP contribution is 2.25. The predicted molar refractivity (Wildman–Crippen MR) is 84.6 cm³/mol. The number of phenols is 1. The molecule has 19 heavy (non-hydrogen) atoms. The maximum absolute atomic E-state index is 12.0. The number of benzene rings is 2. The zero-order valence-electron chi connectivity index (χ0n) is 9.65. The summed E-state index contributed by atoms with van der Waals surface area (Å²) in [6, 6.07) is 9.53. The van der Waals surface area contributed by atoms with Gasteiger partial charge in [-0.2, -0.15) is 0 Å². The van der Waals surface area contributed by atoms with Gasteiger partial charge in [-0.05, 0) is 59.0 Å². The standard InChI is InChI=1S/C13H10ClIN2O2/c14-9-6-8(16)2-4-11(9)17-13(19)7-1-3-10(15)12(18)5-7/h1-6,18H,16H2,(H,17,19). The summed E-state index contributed by atoms with van der Waals surface area (Å²) in [7, 11) is 0. The predicted octanol–water partition coefficient (Wildman–Crippen LogP) is 3.48. The number of aromatic hydroxyl groups is 1. The van der Waals surface area contributed by atoms with Crippen molar-refractivity contribution in [3.05, 3.63) is 50.6 Å². The van der Waals surface area contributed by atoms with Crippen LogP contribution in [0, 0.1) is 3.57 Å². The van der Waals surface area contributed by atoms with Crippen LogP contribution in [0.1, 0.15) is 10.4 Å². The number of anilines is 2. The number of carbonyl (C=O) groups excluding carboxylic acids is 1. The number of nitrogens with two attached hydrogens (primary N) is 1. The van der Waals surface area contributed by atoms with Crippen molar-refractivity contribution in [2.75, 3.05) is 11.1 Å². The van der Waals surface area contributed by atoms with E-state index in [9.17, 15) is 9.90 Å². The van der Waals surface area contributed by atoms with Crippen molar-refractivity contribution in [1.29, 1.82) is 0 Å². The van der Waals surface area contributed by atoms with E-state index in [-0.39, 0.29) is 11.7 Å². The van der Waals surface area contributed by atoms with Gasteiger partial charge in [0.15, 0.2) is 0 Å². The van der Waals surface area contributed by atoms with Gasteiger partial charge in [-0.1, -0.05) is 11.6 Å². The third kappa shape index (κ3) is 3.30. The minimum atomic E-state index is -0.349. The van der Waals surface area contributed by atoms with E-state index < -0.39 is 0 Å². The Morgan fingerprint density at radius 1 is 1.26 bits per heavy atom. The Morgan fingerprint density at radius 2 is 2.00 bits per heavy atom. The van der Waals surface area contributed by atoms with Gasteiger partial charge in [0.2, 0.25) is 0 Å². The normalized spacial score (nSPS) is 10.2. The lowest BCUT2D eigenvalue weighted by molar-refractivity contribution is 0.102. The fraction of sp³-hybridized carbons (Fsp3) is 0. The number of nitrogens with one attached hydrogen (secondary N) is 1. The van der Waals surface area contributed by atoms with Crippen molar-refractivity contribution in [3.8, 4) is 5.75 Å². The van der Waals surface area contributed by atoms with Crippen LogP contribution in [0.3, 0.4) is 0 Å². The van der Waals surface area contributed by atoms with Gasteiger partial charge in [0, 0.05) is 11.3 Å². The maximum Gasteiger partial charge on any atom is 0.255 e. The molecule has 4 nitrogen and oxygen atoms in total. The minimum absolute atomic E-state index is 0.0663. The number of phenolic OH excluding ortho intramolecular Hbond substituents is 1. The Hall–Kier alpha value is -1.47. The van der Waals surface area contributed by atoms with Gasteiger partial charge in [0.25, 0.3) is 5.91 Å². The zero-order chi connectivity index (χ0) is 14.0. The Labute approximate surface area is 128 Å². The molecule has 2 rings (SSSR count). The van der Waals surface area contributed by atoms with E-state index >= 15 is 0 Å². The lowest BCUT2D eigenvalue weighted by atomic mass is 10.2. The molecule has 2 aromatic carbocycles. The van der Waals surface area contributed by atoms with Gasteiger partial charge >= 0.3 is 0 Å². The number of hydrogen-bond acceptors (Lipinski definition) is 3. The average Bonchev–Trinajstić information content (AvgIpc) is 2.36. The van der Waals surface area contributed by atoms with Crippen LogP contribution in [-0.4, -0.2) is 11.0 Å². The molecular weight excluding hydrogens is 379 g/mol. The molecule has 1 amide bonds. The van der Waals surface area contributed by atoms with Crippen LogP contribution in [0.4, 0.5) is 11.4 Å².